The van der Waals surface area contributed by atoms with Gasteiger partial charge in [0.1, 0.15) is 0 Å². The van der Waals surface area contributed by atoms with E-state index in [1.165, 1.54) is 0 Å². The molecule has 114 valence electrons. The van der Waals surface area contributed by atoms with E-state index in [1.54, 1.807) is 9.80 Å². The number of amides is 2. The van der Waals surface area contributed by atoms with Crippen molar-refractivity contribution < 1.29 is 9.59 Å². The summed E-state index contributed by atoms with van der Waals surface area (Å²) in [7, 11) is 0. The molecule has 0 unspecified atom stereocenters. The van der Waals surface area contributed by atoms with Crippen LogP contribution in [-0.2, 0) is 16.0 Å². The summed E-state index contributed by atoms with van der Waals surface area (Å²) in [4.78, 5) is 28.5. The Morgan fingerprint density at radius 3 is 2.52 bits per heavy atom. The Bertz CT molecular complexity index is 546. The van der Waals surface area contributed by atoms with E-state index in [9.17, 15) is 9.59 Å². The van der Waals surface area contributed by atoms with Crippen molar-refractivity contribution in [2.24, 2.45) is 0 Å². The Morgan fingerprint density at radius 2 is 1.90 bits per heavy atom. The molecule has 1 heterocycles. The predicted molar refractivity (Wildman–Crippen MR) is 84.3 cm³/mol. The number of likely N-dealkylation sites (N-methyl/N-ethyl adjacent to an activating group) is 1. The number of carbonyl (C=O) groups is 2. The molecule has 1 aromatic rings. The minimum atomic E-state index is -0.418. The minimum absolute atomic E-state index is 0.350. The summed E-state index contributed by atoms with van der Waals surface area (Å²) in [5, 5.41) is 0. The van der Waals surface area contributed by atoms with Crippen molar-refractivity contribution in [1.82, 2.24) is 4.90 Å². The van der Waals surface area contributed by atoms with Gasteiger partial charge in [0.05, 0.1) is 0 Å². The fourth-order valence-corrected chi connectivity index (χ4v) is 2.90. The van der Waals surface area contributed by atoms with E-state index < -0.39 is 11.8 Å². The standard InChI is InChI=1S/C17H24N2O2/c1-5-19(17(2,3)4)16(21)15(20)18-12-8-10-13-9-6-7-11-14(13)18/h6-7,9,11H,5,8,10,12H2,1-4H3. The third-order valence-electron chi connectivity index (χ3n) is 3.91. The smallest absolute Gasteiger partial charge is 0.316 e. The van der Waals surface area contributed by atoms with Gasteiger partial charge in [0.15, 0.2) is 0 Å². The van der Waals surface area contributed by atoms with Crippen molar-refractivity contribution in [2.45, 2.75) is 46.1 Å². The van der Waals surface area contributed by atoms with Gasteiger partial charge in [-0.2, -0.15) is 0 Å². The van der Waals surface area contributed by atoms with Crippen molar-refractivity contribution in [1.29, 1.82) is 0 Å². The second kappa shape index (κ2) is 5.88. The van der Waals surface area contributed by atoms with Crippen molar-refractivity contribution in [2.75, 3.05) is 18.0 Å². The van der Waals surface area contributed by atoms with Gasteiger partial charge in [0.25, 0.3) is 0 Å². The average Bonchev–Trinajstić information content (AvgIpc) is 2.45. The van der Waals surface area contributed by atoms with E-state index in [-0.39, 0.29) is 5.54 Å². The number of anilines is 1. The molecule has 0 aliphatic carbocycles. The summed E-state index contributed by atoms with van der Waals surface area (Å²) in [5.41, 5.74) is 1.67. The molecule has 2 amide bonds. The number of para-hydroxylation sites is 1. The van der Waals surface area contributed by atoms with E-state index >= 15 is 0 Å². The van der Waals surface area contributed by atoms with Gasteiger partial charge in [-0.05, 0) is 52.2 Å². The molecule has 4 nitrogen and oxygen atoms in total. The maximum Gasteiger partial charge on any atom is 0.316 e. The van der Waals surface area contributed by atoms with Crippen LogP contribution in [0.1, 0.15) is 39.7 Å². The van der Waals surface area contributed by atoms with Crippen LogP contribution in [0, 0.1) is 0 Å². The lowest BCUT2D eigenvalue weighted by molar-refractivity contribution is -0.147. The molecule has 0 saturated carbocycles. The van der Waals surface area contributed by atoms with Crippen LogP contribution >= 0.6 is 0 Å². The van der Waals surface area contributed by atoms with Crippen LogP contribution < -0.4 is 4.90 Å². The zero-order valence-electron chi connectivity index (χ0n) is 13.3. The van der Waals surface area contributed by atoms with Gasteiger partial charge in [-0.3, -0.25) is 9.59 Å². The second-order valence-electron chi connectivity index (χ2n) is 6.41. The lowest BCUT2D eigenvalue weighted by Gasteiger charge is -2.36. The average molecular weight is 288 g/mol. The van der Waals surface area contributed by atoms with Gasteiger partial charge in [-0.15, -0.1) is 0 Å². The topological polar surface area (TPSA) is 40.6 Å². The van der Waals surface area contributed by atoms with E-state index in [1.807, 2.05) is 52.0 Å². The van der Waals surface area contributed by atoms with Crippen molar-refractivity contribution >= 4 is 17.5 Å². The zero-order valence-corrected chi connectivity index (χ0v) is 13.3. The van der Waals surface area contributed by atoms with Crippen molar-refractivity contribution in [3.8, 4) is 0 Å². The molecular weight excluding hydrogens is 264 g/mol. The minimum Gasteiger partial charge on any atom is -0.330 e. The van der Waals surface area contributed by atoms with Crippen LogP contribution in [0.5, 0.6) is 0 Å². The third kappa shape index (κ3) is 3.09. The van der Waals surface area contributed by atoms with Gasteiger partial charge >= 0.3 is 11.8 Å². The molecule has 1 aromatic carbocycles. The lowest BCUT2D eigenvalue weighted by Crippen LogP contribution is -2.53. The van der Waals surface area contributed by atoms with Gasteiger partial charge in [-0.25, -0.2) is 0 Å². The van der Waals surface area contributed by atoms with E-state index in [0.717, 1.165) is 24.1 Å². The number of carbonyl (C=O) groups excluding carboxylic acids is 2. The summed E-state index contributed by atoms with van der Waals surface area (Å²) in [5.74, 6) is -0.833. The number of aryl methyl sites for hydroxylation is 1. The van der Waals surface area contributed by atoms with Crippen LogP contribution in [-0.4, -0.2) is 35.3 Å². The highest BCUT2D eigenvalue weighted by Gasteiger charge is 2.34. The molecule has 0 saturated heterocycles. The fourth-order valence-electron chi connectivity index (χ4n) is 2.90. The number of nitrogens with zero attached hydrogens (tertiary/aromatic N) is 2. The van der Waals surface area contributed by atoms with E-state index in [2.05, 4.69) is 0 Å². The monoisotopic (exact) mass is 288 g/mol. The predicted octanol–water partition coefficient (Wildman–Crippen LogP) is 2.61. The number of hydrogen-bond donors (Lipinski definition) is 0. The summed E-state index contributed by atoms with van der Waals surface area (Å²) in [6.45, 7) is 8.90. The first-order valence-electron chi connectivity index (χ1n) is 7.57. The fraction of sp³-hybridized carbons (Fsp3) is 0.529. The molecule has 0 aromatic heterocycles. The Balaban J connectivity index is 2.27. The molecular formula is C17H24N2O2. The molecule has 21 heavy (non-hydrogen) atoms. The highest BCUT2D eigenvalue weighted by Crippen LogP contribution is 2.27. The number of rotatable bonds is 1. The van der Waals surface area contributed by atoms with Crippen LogP contribution in [0.15, 0.2) is 24.3 Å². The molecule has 0 N–H and O–H groups in total. The second-order valence-corrected chi connectivity index (χ2v) is 6.41. The van der Waals surface area contributed by atoms with Crippen LogP contribution in [0.4, 0.5) is 5.69 Å². The Morgan fingerprint density at radius 1 is 1.24 bits per heavy atom. The van der Waals surface area contributed by atoms with E-state index in [0.29, 0.717) is 13.1 Å². The Kier molecular flexibility index (Phi) is 4.35. The molecule has 0 atom stereocenters. The summed E-state index contributed by atoms with van der Waals surface area (Å²) < 4.78 is 0. The molecule has 4 heteroatoms. The summed E-state index contributed by atoms with van der Waals surface area (Å²) in [6.07, 6.45) is 1.86. The van der Waals surface area contributed by atoms with Gasteiger partial charge in [-0.1, -0.05) is 18.2 Å². The van der Waals surface area contributed by atoms with Crippen LogP contribution in [0.3, 0.4) is 0 Å². The Labute approximate surface area is 126 Å². The molecule has 0 bridgehead atoms. The maximum absolute atomic E-state index is 12.6. The molecule has 1 aliphatic heterocycles. The van der Waals surface area contributed by atoms with Crippen molar-refractivity contribution in [3.63, 3.8) is 0 Å². The van der Waals surface area contributed by atoms with Crippen LogP contribution in [0.2, 0.25) is 0 Å². The van der Waals surface area contributed by atoms with Crippen LogP contribution in [0.25, 0.3) is 0 Å². The molecule has 1 aliphatic rings. The normalized spacial score (nSPS) is 14.6. The van der Waals surface area contributed by atoms with E-state index in [4.69, 9.17) is 0 Å². The summed E-state index contributed by atoms with van der Waals surface area (Å²) >= 11 is 0. The SMILES string of the molecule is CCN(C(=O)C(=O)N1CCCc2ccccc21)C(C)(C)C. The van der Waals surface area contributed by atoms with Gasteiger partial charge < -0.3 is 9.80 Å². The first kappa shape index (κ1) is 15.5. The molecule has 0 spiro atoms. The Hall–Kier alpha value is -1.84. The maximum atomic E-state index is 12.6. The number of fused-ring (bicyclic) bond motifs is 1. The largest absolute Gasteiger partial charge is 0.330 e. The quantitative estimate of drug-likeness (QED) is 0.745. The first-order chi connectivity index (χ1) is 9.86. The number of benzene rings is 1. The molecule has 0 fully saturated rings. The number of hydrogen-bond acceptors (Lipinski definition) is 2. The summed E-state index contributed by atoms with van der Waals surface area (Å²) in [6, 6.07) is 7.84. The van der Waals surface area contributed by atoms with Gasteiger partial charge in [0, 0.05) is 24.3 Å². The molecule has 0 radical (unpaired) electrons. The first-order valence-corrected chi connectivity index (χ1v) is 7.57. The highest BCUT2D eigenvalue weighted by atomic mass is 16.2. The molecule has 2 rings (SSSR count). The van der Waals surface area contributed by atoms with Crippen molar-refractivity contribution in [3.05, 3.63) is 29.8 Å². The highest BCUT2D eigenvalue weighted by molar-refractivity contribution is 6.40. The zero-order chi connectivity index (χ0) is 15.6. The van der Waals surface area contributed by atoms with Gasteiger partial charge in [0.2, 0.25) is 0 Å². The lowest BCUT2D eigenvalue weighted by atomic mass is 10.0. The third-order valence-corrected chi connectivity index (χ3v) is 3.91.